The van der Waals surface area contributed by atoms with Crippen molar-refractivity contribution in [3.63, 3.8) is 0 Å². The van der Waals surface area contributed by atoms with Crippen LogP contribution >= 0.6 is 35.7 Å². The Labute approximate surface area is 172 Å². The van der Waals surface area contributed by atoms with Crippen molar-refractivity contribution >= 4 is 47.6 Å². The van der Waals surface area contributed by atoms with E-state index in [2.05, 4.69) is 22.5 Å². The standard InChI is InChI=1S/C18H28N4OS.HI/c1-4-19-18(21-13-16-6-5-11-24-16)20-12-14-7-9-15(10-8-14)17(23)22(2)3;/h7-10,16H,4-6,11-13H2,1-3H3,(H2,19,20,21);1H. The van der Waals surface area contributed by atoms with Crippen molar-refractivity contribution in [1.82, 2.24) is 15.5 Å². The molecular formula is C18H29IN4OS. The van der Waals surface area contributed by atoms with Crippen LogP contribution in [0.4, 0.5) is 0 Å². The number of halogens is 1. The molecule has 2 rings (SSSR count). The zero-order chi connectivity index (χ0) is 17.4. The number of benzene rings is 1. The zero-order valence-corrected chi connectivity index (χ0v) is 18.4. The molecule has 2 N–H and O–H groups in total. The molecule has 1 aromatic rings. The molecule has 1 amide bonds. The van der Waals surface area contributed by atoms with Crippen LogP contribution in [0.2, 0.25) is 0 Å². The molecule has 0 saturated carbocycles. The van der Waals surface area contributed by atoms with E-state index in [9.17, 15) is 4.79 Å². The van der Waals surface area contributed by atoms with Gasteiger partial charge in [0.15, 0.2) is 5.96 Å². The SMILES string of the molecule is CCNC(=NCc1ccc(C(=O)N(C)C)cc1)NCC1CCCS1.I. The third-order valence-corrected chi connectivity index (χ3v) is 5.29. The summed E-state index contributed by atoms with van der Waals surface area (Å²) >= 11 is 2.04. The molecule has 0 spiro atoms. The Bertz CT molecular complexity index is 557. The average Bonchev–Trinajstić information content (AvgIpc) is 3.10. The Kier molecular flexibility index (Phi) is 10.3. The lowest BCUT2D eigenvalue weighted by molar-refractivity contribution is 0.0827. The van der Waals surface area contributed by atoms with Gasteiger partial charge < -0.3 is 15.5 Å². The van der Waals surface area contributed by atoms with E-state index < -0.39 is 0 Å². The number of nitrogens with zero attached hydrogens (tertiary/aromatic N) is 2. The van der Waals surface area contributed by atoms with Gasteiger partial charge in [0.1, 0.15) is 0 Å². The Morgan fingerprint density at radius 1 is 1.28 bits per heavy atom. The van der Waals surface area contributed by atoms with E-state index in [1.807, 2.05) is 36.0 Å². The van der Waals surface area contributed by atoms with Crippen LogP contribution < -0.4 is 10.6 Å². The van der Waals surface area contributed by atoms with E-state index in [-0.39, 0.29) is 29.9 Å². The van der Waals surface area contributed by atoms with Gasteiger partial charge in [-0.2, -0.15) is 11.8 Å². The van der Waals surface area contributed by atoms with E-state index in [0.717, 1.165) is 24.6 Å². The van der Waals surface area contributed by atoms with Crippen molar-refractivity contribution in [3.05, 3.63) is 35.4 Å². The predicted octanol–water partition coefficient (Wildman–Crippen LogP) is 2.96. The monoisotopic (exact) mass is 476 g/mol. The highest BCUT2D eigenvalue weighted by Crippen LogP contribution is 2.25. The summed E-state index contributed by atoms with van der Waals surface area (Å²) in [5, 5.41) is 7.42. The van der Waals surface area contributed by atoms with Gasteiger partial charge in [0, 0.05) is 38.0 Å². The minimum absolute atomic E-state index is 0. The predicted molar refractivity (Wildman–Crippen MR) is 118 cm³/mol. The number of hydrogen-bond donors (Lipinski definition) is 2. The number of carbonyl (C=O) groups excluding carboxylic acids is 1. The summed E-state index contributed by atoms with van der Waals surface area (Å²) < 4.78 is 0. The van der Waals surface area contributed by atoms with Gasteiger partial charge in [0.05, 0.1) is 6.54 Å². The first-order chi connectivity index (χ1) is 11.6. The first-order valence-corrected chi connectivity index (χ1v) is 9.59. The Morgan fingerprint density at radius 2 is 2.00 bits per heavy atom. The fourth-order valence-corrected chi connectivity index (χ4v) is 3.74. The average molecular weight is 476 g/mol. The summed E-state index contributed by atoms with van der Waals surface area (Å²) in [7, 11) is 3.52. The van der Waals surface area contributed by atoms with Gasteiger partial charge in [-0.25, -0.2) is 4.99 Å². The minimum atomic E-state index is 0. The summed E-state index contributed by atoms with van der Waals surface area (Å²) in [6.45, 7) is 4.49. The molecule has 0 bridgehead atoms. The summed E-state index contributed by atoms with van der Waals surface area (Å²) in [6.07, 6.45) is 2.61. The second-order valence-electron chi connectivity index (χ2n) is 6.11. The lowest BCUT2D eigenvalue weighted by Gasteiger charge is -2.14. The molecule has 0 aromatic heterocycles. The number of rotatable bonds is 6. The van der Waals surface area contributed by atoms with E-state index in [1.54, 1.807) is 19.0 Å². The molecule has 5 nitrogen and oxygen atoms in total. The fourth-order valence-electron chi connectivity index (χ4n) is 2.54. The first-order valence-electron chi connectivity index (χ1n) is 8.54. The summed E-state index contributed by atoms with van der Waals surface area (Å²) in [6, 6.07) is 7.67. The summed E-state index contributed by atoms with van der Waals surface area (Å²) in [5.41, 5.74) is 1.80. The summed E-state index contributed by atoms with van der Waals surface area (Å²) in [5.74, 6) is 2.16. The van der Waals surface area contributed by atoms with Crippen LogP contribution in [-0.2, 0) is 6.54 Å². The van der Waals surface area contributed by atoms with Gasteiger partial charge in [0.25, 0.3) is 5.91 Å². The van der Waals surface area contributed by atoms with Crippen LogP contribution in [0.1, 0.15) is 35.7 Å². The van der Waals surface area contributed by atoms with Gasteiger partial charge in [0.2, 0.25) is 0 Å². The molecule has 140 valence electrons. The van der Waals surface area contributed by atoms with Crippen LogP contribution in [0.15, 0.2) is 29.3 Å². The number of guanidine groups is 1. The molecule has 0 aliphatic carbocycles. The van der Waals surface area contributed by atoms with Crippen LogP contribution in [-0.4, -0.2) is 55.0 Å². The first kappa shape index (κ1) is 22.1. The normalized spacial score (nSPS) is 16.9. The van der Waals surface area contributed by atoms with Gasteiger partial charge >= 0.3 is 0 Å². The molecule has 1 unspecified atom stereocenters. The fraction of sp³-hybridized carbons (Fsp3) is 0.556. The van der Waals surface area contributed by atoms with Crippen LogP contribution in [0, 0.1) is 0 Å². The Hall–Kier alpha value is -0.960. The maximum atomic E-state index is 11.9. The Balaban J connectivity index is 0.00000312. The molecule has 1 fully saturated rings. The van der Waals surface area contributed by atoms with Crippen molar-refractivity contribution < 1.29 is 4.79 Å². The molecular weight excluding hydrogens is 447 g/mol. The van der Waals surface area contributed by atoms with E-state index in [1.165, 1.54) is 18.6 Å². The molecule has 7 heteroatoms. The second kappa shape index (κ2) is 11.6. The van der Waals surface area contributed by atoms with Crippen molar-refractivity contribution in [2.45, 2.75) is 31.6 Å². The topological polar surface area (TPSA) is 56.7 Å². The number of hydrogen-bond acceptors (Lipinski definition) is 3. The second-order valence-corrected chi connectivity index (χ2v) is 7.52. The maximum absolute atomic E-state index is 11.9. The molecule has 1 aliphatic rings. The number of thioether (sulfide) groups is 1. The van der Waals surface area contributed by atoms with E-state index >= 15 is 0 Å². The van der Waals surface area contributed by atoms with Crippen molar-refractivity contribution in [3.8, 4) is 0 Å². The van der Waals surface area contributed by atoms with Crippen molar-refractivity contribution in [1.29, 1.82) is 0 Å². The van der Waals surface area contributed by atoms with Crippen LogP contribution in [0.5, 0.6) is 0 Å². The smallest absolute Gasteiger partial charge is 0.253 e. The molecule has 1 heterocycles. The van der Waals surface area contributed by atoms with E-state index in [0.29, 0.717) is 17.4 Å². The highest BCUT2D eigenvalue weighted by Gasteiger charge is 2.15. The largest absolute Gasteiger partial charge is 0.357 e. The van der Waals surface area contributed by atoms with Crippen LogP contribution in [0.25, 0.3) is 0 Å². The molecule has 1 atom stereocenters. The van der Waals surface area contributed by atoms with Gasteiger partial charge in [-0.3, -0.25) is 4.79 Å². The van der Waals surface area contributed by atoms with E-state index in [4.69, 9.17) is 0 Å². The molecule has 1 aliphatic heterocycles. The highest BCUT2D eigenvalue weighted by atomic mass is 127. The van der Waals surface area contributed by atoms with Gasteiger partial charge in [-0.05, 0) is 43.2 Å². The lowest BCUT2D eigenvalue weighted by atomic mass is 10.1. The van der Waals surface area contributed by atoms with Gasteiger partial charge in [-0.1, -0.05) is 12.1 Å². The van der Waals surface area contributed by atoms with Crippen LogP contribution in [0.3, 0.4) is 0 Å². The Morgan fingerprint density at radius 3 is 2.56 bits per heavy atom. The highest BCUT2D eigenvalue weighted by molar-refractivity contribution is 14.0. The lowest BCUT2D eigenvalue weighted by Crippen LogP contribution is -2.40. The number of amides is 1. The summed E-state index contributed by atoms with van der Waals surface area (Å²) in [4.78, 5) is 18.1. The molecule has 1 saturated heterocycles. The third-order valence-electron chi connectivity index (χ3n) is 3.89. The number of nitrogens with one attached hydrogen (secondary N) is 2. The minimum Gasteiger partial charge on any atom is -0.357 e. The quantitative estimate of drug-likeness (QED) is 0.377. The molecule has 25 heavy (non-hydrogen) atoms. The van der Waals surface area contributed by atoms with Crippen molar-refractivity contribution in [2.75, 3.05) is 32.9 Å². The van der Waals surface area contributed by atoms with Crippen molar-refractivity contribution in [2.24, 2.45) is 4.99 Å². The molecule has 1 aromatic carbocycles. The number of carbonyl (C=O) groups is 1. The number of aliphatic imine (C=N–C) groups is 1. The van der Waals surface area contributed by atoms with Gasteiger partial charge in [-0.15, -0.1) is 24.0 Å². The zero-order valence-electron chi connectivity index (χ0n) is 15.2. The maximum Gasteiger partial charge on any atom is 0.253 e. The molecule has 0 radical (unpaired) electrons. The third kappa shape index (κ3) is 7.43.